The van der Waals surface area contributed by atoms with Gasteiger partial charge in [-0.25, -0.2) is 0 Å². The highest BCUT2D eigenvalue weighted by Crippen LogP contribution is 2.55. The van der Waals surface area contributed by atoms with Crippen molar-refractivity contribution >= 4 is 0 Å². The second-order valence-electron chi connectivity index (χ2n) is 7.55. The van der Waals surface area contributed by atoms with Crippen molar-refractivity contribution in [2.75, 3.05) is 0 Å². The topological polar surface area (TPSA) is 80.9 Å². The van der Waals surface area contributed by atoms with Crippen LogP contribution in [0.2, 0.25) is 0 Å². The maximum atomic E-state index is 9.92. The molecule has 0 aromatic carbocycles. The van der Waals surface area contributed by atoms with Crippen LogP contribution >= 0.6 is 0 Å². The summed E-state index contributed by atoms with van der Waals surface area (Å²) < 4.78 is 0. The maximum absolute atomic E-state index is 9.92. The van der Waals surface area contributed by atoms with Crippen molar-refractivity contribution in [2.24, 2.45) is 11.3 Å². The molecule has 3 rings (SSSR count). The highest BCUT2D eigenvalue weighted by Gasteiger charge is 2.47. The van der Waals surface area contributed by atoms with Crippen molar-refractivity contribution in [1.29, 1.82) is 0 Å². The lowest BCUT2D eigenvalue weighted by Gasteiger charge is -2.50. The Hall–Kier alpha value is -0.680. The minimum absolute atomic E-state index is 0.0254. The van der Waals surface area contributed by atoms with Crippen LogP contribution in [0.25, 0.3) is 0 Å². The van der Waals surface area contributed by atoms with Crippen molar-refractivity contribution in [3.8, 4) is 0 Å². The van der Waals surface area contributed by atoms with E-state index in [9.17, 15) is 20.4 Å². The van der Waals surface area contributed by atoms with Gasteiger partial charge in [-0.15, -0.1) is 0 Å². The fraction of sp³-hybridized carbons (Fsp3) is 0.778. The van der Waals surface area contributed by atoms with E-state index in [1.807, 2.05) is 12.2 Å². The average molecular weight is 308 g/mol. The number of allylic oxidation sites excluding steroid dienone is 2. The standard InChI is InChI=1S/C18H28O4/c19-17(20)8-6-15(7-9-17)16(14-4-2-1-3-5-14)10-12-18(21,22)13-11-16/h6-8,14,19-22H,1-5,9-13H2. The third-order valence-electron chi connectivity index (χ3n) is 6.06. The van der Waals surface area contributed by atoms with Gasteiger partial charge in [0.1, 0.15) is 0 Å². The van der Waals surface area contributed by atoms with Crippen LogP contribution in [0.15, 0.2) is 23.8 Å². The monoisotopic (exact) mass is 308 g/mol. The van der Waals surface area contributed by atoms with Crippen molar-refractivity contribution < 1.29 is 20.4 Å². The second kappa shape index (κ2) is 5.75. The van der Waals surface area contributed by atoms with Crippen LogP contribution in [0.3, 0.4) is 0 Å². The largest absolute Gasteiger partial charge is 0.366 e. The van der Waals surface area contributed by atoms with Gasteiger partial charge in [0, 0.05) is 19.3 Å². The van der Waals surface area contributed by atoms with Crippen LogP contribution in [0.1, 0.15) is 64.2 Å². The normalized spacial score (nSPS) is 30.8. The zero-order valence-corrected chi connectivity index (χ0v) is 13.2. The molecule has 2 saturated carbocycles. The lowest BCUT2D eigenvalue weighted by molar-refractivity contribution is -0.197. The van der Waals surface area contributed by atoms with Gasteiger partial charge in [-0.3, -0.25) is 0 Å². The molecule has 3 aliphatic rings. The predicted molar refractivity (Wildman–Crippen MR) is 83.7 cm³/mol. The molecule has 124 valence electrons. The minimum atomic E-state index is -1.73. The molecular weight excluding hydrogens is 280 g/mol. The van der Waals surface area contributed by atoms with Crippen molar-refractivity contribution in [2.45, 2.75) is 75.8 Å². The quantitative estimate of drug-likeness (QED) is 0.590. The van der Waals surface area contributed by atoms with Gasteiger partial charge in [0.25, 0.3) is 0 Å². The third kappa shape index (κ3) is 3.16. The summed E-state index contributed by atoms with van der Waals surface area (Å²) >= 11 is 0. The summed E-state index contributed by atoms with van der Waals surface area (Å²) in [5.41, 5.74) is 1.15. The molecule has 22 heavy (non-hydrogen) atoms. The fourth-order valence-corrected chi connectivity index (χ4v) is 4.67. The van der Waals surface area contributed by atoms with E-state index in [2.05, 4.69) is 0 Å². The first-order valence-electron chi connectivity index (χ1n) is 8.62. The van der Waals surface area contributed by atoms with E-state index in [0.29, 0.717) is 18.8 Å². The molecule has 4 nitrogen and oxygen atoms in total. The first-order valence-corrected chi connectivity index (χ1v) is 8.62. The summed E-state index contributed by atoms with van der Waals surface area (Å²) in [5, 5.41) is 39.3. The Morgan fingerprint density at radius 1 is 0.864 bits per heavy atom. The molecule has 0 atom stereocenters. The zero-order valence-electron chi connectivity index (χ0n) is 13.2. The molecule has 4 heteroatoms. The maximum Gasteiger partial charge on any atom is 0.186 e. The molecule has 0 bridgehead atoms. The SMILES string of the molecule is OC1(O)C=CC(C2(C3CCCCC3)CCC(O)(O)CC2)=CC1. The van der Waals surface area contributed by atoms with Crippen molar-refractivity contribution in [1.82, 2.24) is 0 Å². The molecule has 0 heterocycles. The van der Waals surface area contributed by atoms with Gasteiger partial charge in [-0.2, -0.15) is 0 Å². The first-order chi connectivity index (χ1) is 10.3. The van der Waals surface area contributed by atoms with E-state index in [4.69, 9.17) is 0 Å². The molecule has 3 aliphatic carbocycles. The summed E-state index contributed by atoms with van der Waals surface area (Å²) in [5.74, 6) is -2.70. The lowest BCUT2D eigenvalue weighted by atomic mass is 9.57. The third-order valence-corrected chi connectivity index (χ3v) is 6.06. The number of aliphatic hydroxyl groups is 4. The van der Waals surface area contributed by atoms with Crippen LogP contribution in [0.4, 0.5) is 0 Å². The summed E-state index contributed by atoms with van der Waals surface area (Å²) in [7, 11) is 0. The van der Waals surface area contributed by atoms with Crippen LogP contribution < -0.4 is 0 Å². The highest BCUT2D eigenvalue weighted by atomic mass is 16.5. The first kappa shape index (κ1) is 16.2. The molecule has 0 aliphatic heterocycles. The second-order valence-corrected chi connectivity index (χ2v) is 7.55. The van der Waals surface area contributed by atoms with Crippen molar-refractivity contribution in [3.63, 3.8) is 0 Å². The number of hydrogen-bond acceptors (Lipinski definition) is 4. The Labute approximate surface area is 132 Å². The Kier molecular flexibility index (Phi) is 4.23. The van der Waals surface area contributed by atoms with E-state index in [0.717, 1.165) is 12.8 Å². The van der Waals surface area contributed by atoms with Gasteiger partial charge in [0.15, 0.2) is 11.6 Å². The summed E-state index contributed by atoms with van der Waals surface area (Å²) in [6.45, 7) is 0. The molecule has 0 unspecified atom stereocenters. The van der Waals surface area contributed by atoms with Crippen LogP contribution in [-0.2, 0) is 0 Å². The summed E-state index contributed by atoms with van der Waals surface area (Å²) in [6, 6.07) is 0. The minimum Gasteiger partial charge on any atom is -0.366 e. The molecule has 2 fully saturated rings. The van der Waals surface area contributed by atoms with Crippen LogP contribution in [0, 0.1) is 11.3 Å². The van der Waals surface area contributed by atoms with E-state index >= 15 is 0 Å². The Morgan fingerprint density at radius 3 is 2.05 bits per heavy atom. The zero-order chi connectivity index (χ0) is 15.8. The molecule has 0 spiro atoms. The van der Waals surface area contributed by atoms with E-state index in [1.54, 1.807) is 0 Å². The van der Waals surface area contributed by atoms with Gasteiger partial charge in [0.2, 0.25) is 0 Å². The smallest absolute Gasteiger partial charge is 0.186 e. The molecule has 0 aromatic heterocycles. The van der Waals surface area contributed by atoms with E-state index < -0.39 is 11.6 Å². The van der Waals surface area contributed by atoms with Gasteiger partial charge < -0.3 is 20.4 Å². The van der Waals surface area contributed by atoms with E-state index in [-0.39, 0.29) is 11.8 Å². The lowest BCUT2D eigenvalue weighted by Crippen LogP contribution is -2.44. The van der Waals surface area contributed by atoms with Gasteiger partial charge in [0.05, 0.1) is 0 Å². The van der Waals surface area contributed by atoms with Gasteiger partial charge in [-0.1, -0.05) is 31.4 Å². The molecule has 0 amide bonds. The molecule has 0 aromatic rings. The molecule has 4 N–H and O–H groups in total. The average Bonchev–Trinajstić information content (AvgIpc) is 2.49. The van der Waals surface area contributed by atoms with Crippen LogP contribution in [-0.4, -0.2) is 32.0 Å². The Bertz CT molecular complexity index is 459. The molecule has 0 saturated heterocycles. The number of hydrogen-bond donors (Lipinski definition) is 4. The summed E-state index contributed by atoms with van der Waals surface area (Å²) in [6.07, 6.45) is 14.0. The van der Waals surface area contributed by atoms with Crippen LogP contribution in [0.5, 0.6) is 0 Å². The van der Waals surface area contributed by atoms with Gasteiger partial charge in [-0.05, 0) is 48.7 Å². The molecular formula is C18H28O4. The predicted octanol–water partition coefficient (Wildman–Crippen LogP) is 2.38. The number of rotatable bonds is 2. The van der Waals surface area contributed by atoms with E-state index in [1.165, 1.54) is 43.8 Å². The van der Waals surface area contributed by atoms with Gasteiger partial charge >= 0.3 is 0 Å². The Balaban J connectivity index is 1.87. The summed E-state index contributed by atoms with van der Waals surface area (Å²) in [4.78, 5) is 0. The van der Waals surface area contributed by atoms with Crippen molar-refractivity contribution in [3.05, 3.63) is 23.8 Å². The highest BCUT2D eigenvalue weighted by molar-refractivity contribution is 5.34. The Morgan fingerprint density at radius 2 is 1.50 bits per heavy atom. The molecule has 0 radical (unpaired) electrons. The fourth-order valence-electron chi connectivity index (χ4n) is 4.67.